The molecule has 0 atom stereocenters. The van der Waals surface area contributed by atoms with E-state index < -0.39 is 0 Å². The second-order valence-electron chi connectivity index (χ2n) is 4.49. The maximum absolute atomic E-state index is 12.4. The lowest BCUT2D eigenvalue weighted by Crippen LogP contribution is -2.23. The molecule has 4 nitrogen and oxygen atoms in total. The van der Waals surface area contributed by atoms with Crippen LogP contribution < -0.4 is 10.1 Å². The number of rotatable bonds is 2. The number of hydrogen-bond acceptors (Lipinski definition) is 6. The number of thiazole rings is 1. The summed E-state index contributed by atoms with van der Waals surface area (Å²) in [7, 11) is 0. The molecule has 0 aromatic carbocycles. The molecule has 0 saturated heterocycles. The Morgan fingerprint density at radius 1 is 1.24 bits per heavy atom. The van der Waals surface area contributed by atoms with Crippen LogP contribution in [0.3, 0.4) is 0 Å². The Hall–Kier alpha value is -1.83. The number of thiophene rings is 2. The fraction of sp³-hybridized carbons (Fsp3) is 0.0714. The van der Waals surface area contributed by atoms with E-state index in [0.717, 1.165) is 9.75 Å². The van der Waals surface area contributed by atoms with E-state index in [9.17, 15) is 4.79 Å². The topological polar surface area (TPSA) is 47.3 Å². The molecule has 4 rings (SSSR count). The second kappa shape index (κ2) is 4.87. The third kappa shape index (κ3) is 2.14. The third-order valence-electron chi connectivity index (χ3n) is 3.09. The van der Waals surface area contributed by atoms with Crippen LogP contribution in [0.15, 0.2) is 33.8 Å². The normalized spacial score (nSPS) is 12.5. The highest BCUT2D eigenvalue weighted by Crippen LogP contribution is 2.22. The van der Waals surface area contributed by atoms with E-state index in [1.165, 1.54) is 21.4 Å². The van der Waals surface area contributed by atoms with Crippen molar-refractivity contribution >= 4 is 45.0 Å². The van der Waals surface area contributed by atoms with Crippen LogP contribution in [0.25, 0.3) is 21.7 Å². The van der Waals surface area contributed by atoms with Gasteiger partial charge in [0, 0.05) is 4.88 Å². The van der Waals surface area contributed by atoms with Crippen molar-refractivity contribution in [2.24, 2.45) is 0 Å². The first-order valence-corrected chi connectivity index (χ1v) is 8.79. The Kier molecular flexibility index (Phi) is 2.99. The molecule has 0 aliphatic heterocycles. The molecule has 21 heavy (non-hydrogen) atoms. The minimum absolute atomic E-state index is 0.0990. The molecular formula is C14H9N3OS3. The SMILES string of the molecule is Cc1ccsc1/C=c1/sc2nc(-c3cccs3)nn2c1=O. The Balaban J connectivity index is 1.89. The number of aryl methyl sites for hydroxylation is 1. The minimum atomic E-state index is -0.0990. The summed E-state index contributed by atoms with van der Waals surface area (Å²) in [6, 6.07) is 5.95. The van der Waals surface area contributed by atoms with Gasteiger partial charge in [0.05, 0.1) is 9.41 Å². The summed E-state index contributed by atoms with van der Waals surface area (Å²) in [6.45, 7) is 2.04. The largest absolute Gasteiger partial charge is 0.291 e. The van der Waals surface area contributed by atoms with Crippen molar-refractivity contribution in [1.82, 2.24) is 14.6 Å². The molecule has 4 heterocycles. The van der Waals surface area contributed by atoms with Crippen LogP contribution in [0.5, 0.6) is 0 Å². The fourth-order valence-corrected chi connectivity index (χ4v) is 4.47. The highest BCUT2D eigenvalue weighted by Gasteiger charge is 2.12. The zero-order valence-corrected chi connectivity index (χ0v) is 13.4. The summed E-state index contributed by atoms with van der Waals surface area (Å²) >= 11 is 4.58. The van der Waals surface area contributed by atoms with E-state index in [1.54, 1.807) is 22.7 Å². The number of fused-ring (bicyclic) bond motifs is 1. The maximum Gasteiger partial charge on any atom is 0.291 e. The van der Waals surface area contributed by atoms with Gasteiger partial charge >= 0.3 is 0 Å². The lowest BCUT2D eigenvalue weighted by atomic mass is 10.3. The first kappa shape index (κ1) is 12.9. The lowest BCUT2D eigenvalue weighted by molar-refractivity contribution is 0.938. The molecule has 0 spiro atoms. The minimum Gasteiger partial charge on any atom is -0.266 e. The molecule has 0 fully saturated rings. The van der Waals surface area contributed by atoms with Crippen LogP contribution in [0.2, 0.25) is 0 Å². The summed E-state index contributed by atoms with van der Waals surface area (Å²) in [6.07, 6.45) is 1.92. The summed E-state index contributed by atoms with van der Waals surface area (Å²) in [4.78, 5) is 19.6. The quantitative estimate of drug-likeness (QED) is 0.567. The first-order chi connectivity index (χ1) is 10.2. The van der Waals surface area contributed by atoms with E-state index in [4.69, 9.17) is 0 Å². The van der Waals surface area contributed by atoms with Crippen LogP contribution in [-0.4, -0.2) is 14.6 Å². The molecule has 0 amide bonds. The summed E-state index contributed by atoms with van der Waals surface area (Å²) in [5.74, 6) is 0.618. The molecule has 0 radical (unpaired) electrons. The Bertz CT molecular complexity index is 1020. The van der Waals surface area contributed by atoms with Gasteiger partial charge in [0.2, 0.25) is 4.96 Å². The van der Waals surface area contributed by atoms with Gasteiger partial charge in [-0.15, -0.1) is 27.8 Å². The van der Waals surface area contributed by atoms with Crippen molar-refractivity contribution in [3.8, 4) is 10.7 Å². The monoisotopic (exact) mass is 331 g/mol. The smallest absolute Gasteiger partial charge is 0.266 e. The maximum atomic E-state index is 12.4. The van der Waals surface area contributed by atoms with Gasteiger partial charge in [-0.2, -0.15) is 9.50 Å². The highest BCUT2D eigenvalue weighted by atomic mass is 32.1. The van der Waals surface area contributed by atoms with E-state index in [-0.39, 0.29) is 5.56 Å². The fourth-order valence-electron chi connectivity index (χ4n) is 2.00. The van der Waals surface area contributed by atoms with Crippen LogP contribution in [-0.2, 0) is 0 Å². The van der Waals surface area contributed by atoms with Crippen molar-refractivity contribution in [1.29, 1.82) is 0 Å². The van der Waals surface area contributed by atoms with Gasteiger partial charge in [-0.3, -0.25) is 4.79 Å². The van der Waals surface area contributed by atoms with Crippen molar-refractivity contribution in [2.45, 2.75) is 6.92 Å². The van der Waals surface area contributed by atoms with Gasteiger partial charge in [0.25, 0.3) is 5.56 Å². The molecule has 104 valence electrons. The zero-order valence-electron chi connectivity index (χ0n) is 10.9. The Labute approximate surface area is 131 Å². The molecule has 7 heteroatoms. The zero-order chi connectivity index (χ0) is 14.4. The second-order valence-corrected chi connectivity index (χ2v) is 7.40. The number of nitrogens with zero attached hydrogens (tertiary/aromatic N) is 3. The van der Waals surface area contributed by atoms with Gasteiger partial charge in [-0.05, 0) is 41.5 Å². The van der Waals surface area contributed by atoms with E-state index in [0.29, 0.717) is 15.3 Å². The van der Waals surface area contributed by atoms with Crippen molar-refractivity contribution in [3.63, 3.8) is 0 Å². The molecule has 0 aliphatic rings. The predicted octanol–water partition coefficient (Wildman–Crippen LogP) is 2.80. The van der Waals surface area contributed by atoms with Gasteiger partial charge in [-0.25, -0.2) is 0 Å². The van der Waals surface area contributed by atoms with Crippen LogP contribution in [0, 0.1) is 6.92 Å². The molecule has 4 aromatic rings. The van der Waals surface area contributed by atoms with Gasteiger partial charge in [-0.1, -0.05) is 17.4 Å². The van der Waals surface area contributed by atoms with Crippen LogP contribution >= 0.6 is 34.0 Å². The highest BCUT2D eigenvalue weighted by molar-refractivity contribution is 7.15. The Morgan fingerprint density at radius 3 is 2.81 bits per heavy atom. The molecule has 0 bridgehead atoms. The molecule has 4 aromatic heterocycles. The van der Waals surface area contributed by atoms with Crippen molar-refractivity contribution < 1.29 is 0 Å². The Morgan fingerprint density at radius 2 is 2.14 bits per heavy atom. The first-order valence-electron chi connectivity index (χ1n) is 6.21. The van der Waals surface area contributed by atoms with E-state index in [1.807, 2.05) is 42.0 Å². The van der Waals surface area contributed by atoms with Crippen molar-refractivity contribution in [2.75, 3.05) is 0 Å². The molecule has 0 N–H and O–H groups in total. The predicted molar refractivity (Wildman–Crippen MR) is 88.3 cm³/mol. The number of aromatic nitrogens is 3. The van der Waals surface area contributed by atoms with Gasteiger partial charge in [0.1, 0.15) is 0 Å². The lowest BCUT2D eigenvalue weighted by Gasteiger charge is -1.86. The van der Waals surface area contributed by atoms with Crippen molar-refractivity contribution in [3.05, 3.63) is 54.3 Å². The summed E-state index contributed by atoms with van der Waals surface area (Å²) < 4.78 is 2.07. The third-order valence-corrected chi connectivity index (χ3v) is 5.88. The summed E-state index contributed by atoms with van der Waals surface area (Å²) in [5.41, 5.74) is 1.08. The van der Waals surface area contributed by atoms with Gasteiger partial charge < -0.3 is 0 Å². The standard InChI is InChI=1S/C14H9N3OS3/c1-8-4-6-20-10(8)7-11-13(18)17-14(21-11)15-12(16-17)9-3-2-5-19-9/h2-7H,1H3/b11-7+. The van der Waals surface area contributed by atoms with E-state index in [2.05, 4.69) is 10.1 Å². The molecule has 0 aliphatic carbocycles. The average Bonchev–Trinajstić information content (AvgIpc) is 3.19. The van der Waals surface area contributed by atoms with Crippen LogP contribution in [0.1, 0.15) is 10.4 Å². The summed E-state index contributed by atoms with van der Waals surface area (Å²) in [5, 5.41) is 8.32. The molecular weight excluding hydrogens is 322 g/mol. The van der Waals surface area contributed by atoms with E-state index >= 15 is 0 Å². The number of hydrogen-bond donors (Lipinski definition) is 0. The molecule has 0 saturated carbocycles. The van der Waals surface area contributed by atoms with Gasteiger partial charge in [0.15, 0.2) is 5.82 Å². The average molecular weight is 331 g/mol. The molecule has 0 unspecified atom stereocenters. The van der Waals surface area contributed by atoms with Crippen LogP contribution in [0.4, 0.5) is 0 Å².